The largest absolute Gasteiger partial charge is 0.496 e. The van der Waals surface area contributed by atoms with E-state index in [1.165, 1.54) is 0 Å². The molecule has 1 heterocycles. The predicted octanol–water partition coefficient (Wildman–Crippen LogP) is 4.44. The Balaban J connectivity index is 1.58. The van der Waals surface area contributed by atoms with E-state index in [0.29, 0.717) is 16.9 Å². The monoisotopic (exact) mass is 398 g/mol. The van der Waals surface area contributed by atoms with Crippen molar-refractivity contribution in [3.63, 3.8) is 0 Å². The molecule has 4 rings (SSSR count). The number of aryl methyl sites for hydroxylation is 1. The van der Waals surface area contributed by atoms with Crippen molar-refractivity contribution < 1.29 is 9.53 Å². The number of fused-ring (bicyclic) bond motifs is 1. The van der Waals surface area contributed by atoms with Gasteiger partial charge in [0.25, 0.3) is 11.5 Å². The number of aromatic amines is 1. The molecule has 0 aliphatic heterocycles. The number of carbonyl (C=O) groups excluding carboxylic acids is 1. The normalized spacial score (nSPS) is 10.7. The summed E-state index contributed by atoms with van der Waals surface area (Å²) in [7, 11) is 1.61. The van der Waals surface area contributed by atoms with Crippen LogP contribution in [0.3, 0.4) is 0 Å². The molecule has 0 fully saturated rings. The molecule has 150 valence electrons. The number of carbonyl (C=O) groups is 1. The van der Waals surface area contributed by atoms with E-state index in [2.05, 4.69) is 10.3 Å². The number of nitrogens with one attached hydrogen (secondary N) is 2. The van der Waals surface area contributed by atoms with E-state index in [1.807, 2.05) is 61.5 Å². The molecule has 5 nitrogen and oxygen atoms in total. The summed E-state index contributed by atoms with van der Waals surface area (Å²) >= 11 is 0. The minimum atomic E-state index is -0.251. The molecule has 1 aromatic heterocycles. The molecule has 5 heteroatoms. The van der Waals surface area contributed by atoms with Crippen LogP contribution in [0.2, 0.25) is 0 Å². The van der Waals surface area contributed by atoms with E-state index >= 15 is 0 Å². The maximum Gasteiger partial charge on any atom is 0.253 e. The van der Waals surface area contributed by atoms with Crippen molar-refractivity contribution in [2.45, 2.75) is 13.5 Å². The molecular weight excluding hydrogens is 376 g/mol. The van der Waals surface area contributed by atoms with Gasteiger partial charge >= 0.3 is 0 Å². The summed E-state index contributed by atoms with van der Waals surface area (Å²) in [6.45, 7) is 2.14. The molecule has 0 spiro atoms. The van der Waals surface area contributed by atoms with Crippen LogP contribution in [-0.4, -0.2) is 18.0 Å². The zero-order valence-corrected chi connectivity index (χ0v) is 16.9. The van der Waals surface area contributed by atoms with E-state index in [-0.39, 0.29) is 18.0 Å². The van der Waals surface area contributed by atoms with Crippen molar-refractivity contribution in [3.8, 4) is 16.9 Å². The topological polar surface area (TPSA) is 71.2 Å². The number of amides is 1. The lowest BCUT2D eigenvalue weighted by Gasteiger charge is -2.12. The van der Waals surface area contributed by atoms with Gasteiger partial charge in [-0.25, -0.2) is 0 Å². The van der Waals surface area contributed by atoms with Crippen LogP contribution in [0.5, 0.6) is 5.75 Å². The fraction of sp³-hybridized carbons (Fsp3) is 0.120. The van der Waals surface area contributed by atoms with Gasteiger partial charge in [0, 0.05) is 28.8 Å². The van der Waals surface area contributed by atoms with Crippen molar-refractivity contribution in [1.82, 2.24) is 10.3 Å². The highest BCUT2D eigenvalue weighted by Crippen LogP contribution is 2.30. The summed E-state index contributed by atoms with van der Waals surface area (Å²) in [5, 5.41) is 3.79. The van der Waals surface area contributed by atoms with Crippen LogP contribution in [0, 0.1) is 6.92 Å². The van der Waals surface area contributed by atoms with Gasteiger partial charge in [-0.15, -0.1) is 0 Å². The van der Waals surface area contributed by atoms with E-state index in [9.17, 15) is 9.59 Å². The molecule has 0 saturated heterocycles. The lowest BCUT2D eigenvalue weighted by atomic mass is 10.0. The van der Waals surface area contributed by atoms with Crippen LogP contribution in [0.15, 0.2) is 77.6 Å². The van der Waals surface area contributed by atoms with Gasteiger partial charge in [0.1, 0.15) is 5.75 Å². The van der Waals surface area contributed by atoms with E-state index in [4.69, 9.17) is 4.74 Å². The zero-order valence-electron chi connectivity index (χ0n) is 16.9. The number of hydrogen-bond acceptors (Lipinski definition) is 3. The van der Waals surface area contributed by atoms with Gasteiger partial charge in [0.2, 0.25) is 0 Å². The molecule has 3 aromatic carbocycles. The molecule has 0 aliphatic rings. The second-order valence-electron chi connectivity index (χ2n) is 7.18. The van der Waals surface area contributed by atoms with Crippen LogP contribution < -0.4 is 15.6 Å². The van der Waals surface area contributed by atoms with Crippen LogP contribution in [0.4, 0.5) is 0 Å². The van der Waals surface area contributed by atoms with E-state index in [1.54, 1.807) is 25.3 Å². The number of benzene rings is 3. The van der Waals surface area contributed by atoms with Crippen LogP contribution in [0.25, 0.3) is 22.0 Å². The predicted molar refractivity (Wildman–Crippen MR) is 119 cm³/mol. The third kappa shape index (κ3) is 3.96. The molecule has 0 saturated carbocycles. The first-order valence-corrected chi connectivity index (χ1v) is 9.69. The molecule has 4 aromatic rings. The lowest BCUT2D eigenvalue weighted by molar-refractivity contribution is 0.0951. The van der Waals surface area contributed by atoms with Crippen LogP contribution in [-0.2, 0) is 6.54 Å². The second-order valence-corrected chi connectivity index (χ2v) is 7.18. The standard InChI is InChI=1S/C25H22N2O3/c1-16-8-10-22-19(12-16)13-20(25(29)27-22)15-26-24(28)18-9-11-23(30-2)21(14-18)17-6-4-3-5-7-17/h3-14H,15H2,1-2H3,(H,26,28)(H,27,29). The van der Waals surface area contributed by atoms with Gasteiger partial charge in [-0.1, -0.05) is 42.0 Å². The summed E-state index contributed by atoms with van der Waals surface area (Å²) in [6, 6.07) is 22.7. The van der Waals surface area contributed by atoms with Gasteiger partial charge in [0.15, 0.2) is 0 Å². The molecule has 1 amide bonds. The first-order valence-electron chi connectivity index (χ1n) is 9.69. The number of aromatic nitrogens is 1. The van der Waals surface area contributed by atoms with Crippen LogP contribution >= 0.6 is 0 Å². The number of methoxy groups -OCH3 is 1. The average molecular weight is 398 g/mol. The fourth-order valence-electron chi connectivity index (χ4n) is 3.47. The molecule has 0 bridgehead atoms. The fourth-order valence-corrected chi connectivity index (χ4v) is 3.47. The third-order valence-corrected chi connectivity index (χ3v) is 5.06. The highest BCUT2D eigenvalue weighted by molar-refractivity contribution is 5.96. The van der Waals surface area contributed by atoms with Crippen molar-refractivity contribution >= 4 is 16.8 Å². The Kier molecular flexibility index (Phi) is 5.35. The quantitative estimate of drug-likeness (QED) is 0.522. The van der Waals surface area contributed by atoms with E-state index < -0.39 is 0 Å². The van der Waals surface area contributed by atoms with Crippen LogP contribution in [0.1, 0.15) is 21.5 Å². The lowest BCUT2D eigenvalue weighted by Crippen LogP contribution is -2.26. The maximum atomic E-state index is 12.8. The van der Waals surface area contributed by atoms with Gasteiger partial charge in [-0.05, 0) is 54.3 Å². The molecule has 30 heavy (non-hydrogen) atoms. The summed E-state index contributed by atoms with van der Waals surface area (Å²) < 4.78 is 5.45. The van der Waals surface area contributed by atoms with Gasteiger partial charge in [-0.2, -0.15) is 0 Å². The number of hydrogen-bond donors (Lipinski definition) is 2. The number of rotatable bonds is 5. The number of pyridine rings is 1. The zero-order chi connectivity index (χ0) is 21.1. The molecule has 0 aliphatic carbocycles. The molecule has 0 atom stereocenters. The minimum absolute atomic E-state index is 0.144. The highest BCUT2D eigenvalue weighted by atomic mass is 16.5. The van der Waals surface area contributed by atoms with Crippen molar-refractivity contribution in [2.75, 3.05) is 7.11 Å². The second kappa shape index (κ2) is 8.25. The first kappa shape index (κ1) is 19.5. The van der Waals surface area contributed by atoms with Crippen molar-refractivity contribution in [2.24, 2.45) is 0 Å². The third-order valence-electron chi connectivity index (χ3n) is 5.06. The van der Waals surface area contributed by atoms with Gasteiger partial charge < -0.3 is 15.0 Å². The Hall–Kier alpha value is -3.86. The number of H-pyrrole nitrogens is 1. The summed E-state index contributed by atoms with van der Waals surface area (Å²) in [5.41, 5.74) is 4.50. The Morgan fingerprint density at radius 3 is 2.57 bits per heavy atom. The Morgan fingerprint density at radius 2 is 1.80 bits per heavy atom. The van der Waals surface area contributed by atoms with Crippen molar-refractivity contribution in [3.05, 3.63) is 99.8 Å². The summed E-state index contributed by atoms with van der Waals surface area (Å²) in [4.78, 5) is 28.0. The maximum absolute atomic E-state index is 12.8. The first-order chi connectivity index (χ1) is 14.5. The molecule has 0 unspecified atom stereocenters. The molecular formula is C25H22N2O3. The Labute approximate surface area is 174 Å². The van der Waals surface area contributed by atoms with E-state index in [0.717, 1.165) is 27.6 Å². The summed E-state index contributed by atoms with van der Waals surface area (Å²) in [5.74, 6) is 0.442. The smallest absolute Gasteiger partial charge is 0.253 e. The van der Waals surface area contributed by atoms with Gasteiger partial charge in [0.05, 0.1) is 7.11 Å². The molecule has 0 radical (unpaired) electrons. The molecule has 2 N–H and O–H groups in total. The highest BCUT2D eigenvalue weighted by Gasteiger charge is 2.12. The summed E-state index contributed by atoms with van der Waals surface area (Å²) in [6.07, 6.45) is 0. The minimum Gasteiger partial charge on any atom is -0.496 e. The number of ether oxygens (including phenoxy) is 1. The Bertz CT molecular complexity index is 1280. The Morgan fingerprint density at radius 1 is 1.00 bits per heavy atom. The van der Waals surface area contributed by atoms with Crippen molar-refractivity contribution in [1.29, 1.82) is 0 Å². The average Bonchev–Trinajstić information content (AvgIpc) is 2.78. The van der Waals surface area contributed by atoms with Gasteiger partial charge in [-0.3, -0.25) is 9.59 Å². The SMILES string of the molecule is COc1ccc(C(=O)NCc2cc3cc(C)ccc3[nH]c2=O)cc1-c1ccccc1.